The highest BCUT2D eigenvalue weighted by molar-refractivity contribution is 5.95. The zero-order valence-corrected chi connectivity index (χ0v) is 15.2. The Hall–Kier alpha value is -2.69. The third-order valence-corrected chi connectivity index (χ3v) is 4.16. The van der Waals surface area contributed by atoms with E-state index in [2.05, 4.69) is 12.2 Å². The Labute approximate surface area is 149 Å². The molecule has 1 N–H and O–H groups in total. The number of pyridine rings is 1. The largest absolute Gasteiger partial charge is 0.339 e. The molecule has 0 saturated carbocycles. The molecule has 0 spiro atoms. The Morgan fingerprint density at radius 2 is 1.56 bits per heavy atom. The number of hydrogen-bond acceptors (Lipinski definition) is 2. The van der Waals surface area contributed by atoms with Crippen molar-refractivity contribution in [3.63, 3.8) is 0 Å². The van der Waals surface area contributed by atoms with E-state index in [1.807, 2.05) is 42.9 Å². The molecule has 5 heteroatoms. The van der Waals surface area contributed by atoms with Crippen molar-refractivity contribution in [2.75, 3.05) is 18.4 Å². The minimum Gasteiger partial charge on any atom is -0.339 e. The van der Waals surface area contributed by atoms with Gasteiger partial charge in [-0.05, 0) is 50.1 Å². The number of hydrogen-bond donors (Lipinski definition) is 1. The summed E-state index contributed by atoms with van der Waals surface area (Å²) in [7, 11) is 0. The standard InChI is InChI=1S/C20H25N3O2/c1-4-16-11-13-22(14-12-16)15-19(24)21-18-9-7-17(8-10-18)20(25)23(5-2)6-3/h7-14H,4-6,15H2,1-3H3/p+1. The predicted octanol–water partition coefficient (Wildman–Crippen LogP) is 2.66. The van der Waals surface area contributed by atoms with Gasteiger partial charge in [0, 0.05) is 36.5 Å². The van der Waals surface area contributed by atoms with Crippen molar-refractivity contribution in [3.8, 4) is 0 Å². The minimum atomic E-state index is -0.0999. The van der Waals surface area contributed by atoms with Gasteiger partial charge in [-0.25, -0.2) is 0 Å². The Kier molecular flexibility index (Phi) is 6.69. The molecule has 5 nitrogen and oxygen atoms in total. The molecule has 0 aliphatic heterocycles. The van der Waals surface area contributed by atoms with E-state index in [9.17, 15) is 9.59 Å². The summed E-state index contributed by atoms with van der Waals surface area (Å²) in [6.45, 7) is 7.64. The number of carbonyl (C=O) groups excluding carboxylic acids is 2. The highest BCUT2D eigenvalue weighted by Gasteiger charge is 2.13. The van der Waals surface area contributed by atoms with E-state index in [1.54, 1.807) is 29.2 Å². The van der Waals surface area contributed by atoms with Crippen LogP contribution in [0, 0.1) is 0 Å². The number of anilines is 1. The van der Waals surface area contributed by atoms with Crippen LogP contribution >= 0.6 is 0 Å². The van der Waals surface area contributed by atoms with Crippen LogP contribution < -0.4 is 9.88 Å². The molecule has 0 bridgehead atoms. The van der Waals surface area contributed by atoms with E-state index in [1.165, 1.54) is 5.56 Å². The number of benzene rings is 1. The number of amides is 2. The van der Waals surface area contributed by atoms with Gasteiger partial charge in [-0.1, -0.05) is 6.92 Å². The molecule has 0 unspecified atom stereocenters. The molecule has 0 atom stereocenters. The van der Waals surface area contributed by atoms with Gasteiger partial charge in [0.15, 0.2) is 12.4 Å². The molecule has 2 rings (SSSR count). The molecule has 0 aliphatic rings. The average molecular weight is 340 g/mol. The Morgan fingerprint density at radius 1 is 0.960 bits per heavy atom. The normalized spacial score (nSPS) is 10.4. The molecule has 2 amide bonds. The number of nitrogens with zero attached hydrogens (tertiary/aromatic N) is 2. The van der Waals surface area contributed by atoms with Crippen LogP contribution in [-0.4, -0.2) is 29.8 Å². The zero-order chi connectivity index (χ0) is 18.2. The fourth-order valence-electron chi connectivity index (χ4n) is 2.59. The summed E-state index contributed by atoms with van der Waals surface area (Å²) in [5.41, 5.74) is 2.56. The lowest BCUT2D eigenvalue weighted by atomic mass is 10.1. The van der Waals surface area contributed by atoms with Crippen LogP contribution in [0.3, 0.4) is 0 Å². The summed E-state index contributed by atoms with van der Waals surface area (Å²) in [5, 5.41) is 2.86. The quantitative estimate of drug-likeness (QED) is 0.788. The molecule has 1 heterocycles. The highest BCUT2D eigenvalue weighted by atomic mass is 16.2. The molecule has 0 saturated heterocycles. The van der Waals surface area contributed by atoms with E-state index in [-0.39, 0.29) is 18.4 Å². The minimum absolute atomic E-state index is 0.00875. The van der Waals surface area contributed by atoms with Crippen LogP contribution in [0.2, 0.25) is 0 Å². The monoisotopic (exact) mass is 340 g/mol. The number of carbonyl (C=O) groups is 2. The van der Waals surface area contributed by atoms with Gasteiger partial charge in [-0.2, -0.15) is 4.57 Å². The molecule has 1 aromatic heterocycles. The van der Waals surface area contributed by atoms with Gasteiger partial charge in [0.2, 0.25) is 6.54 Å². The van der Waals surface area contributed by atoms with Gasteiger partial charge in [0.1, 0.15) is 0 Å². The number of aromatic nitrogens is 1. The first-order valence-electron chi connectivity index (χ1n) is 8.74. The Bertz CT molecular complexity index is 705. The van der Waals surface area contributed by atoms with Crippen molar-refractivity contribution in [2.45, 2.75) is 33.7 Å². The summed E-state index contributed by atoms with van der Waals surface area (Å²) < 4.78 is 1.84. The average Bonchev–Trinajstić information content (AvgIpc) is 2.64. The van der Waals surface area contributed by atoms with Crippen molar-refractivity contribution in [1.29, 1.82) is 0 Å². The van der Waals surface area contributed by atoms with Gasteiger partial charge in [-0.15, -0.1) is 0 Å². The third kappa shape index (κ3) is 5.14. The predicted molar refractivity (Wildman–Crippen MR) is 98.3 cm³/mol. The summed E-state index contributed by atoms with van der Waals surface area (Å²) in [6, 6.07) is 11.1. The molecule has 2 aromatic rings. The summed E-state index contributed by atoms with van der Waals surface area (Å²) in [4.78, 5) is 26.2. The third-order valence-electron chi connectivity index (χ3n) is 4.16. The maximum atomic E-state index is 12.3. The van der Waals surface area contributed by atoms with Gasteiger partial charge in [-0.3, -0.25) is 9.59 Å². The first-order chi connectivity index (χ1) is 12.1. The van der Waals surface area contributed by atoms with E-state index in [0.717, 1.165) is 6.42 Å². The lowest BCUT2D eigenvalue weighted by Crippen LogP contribution is -2.39. The molecule has 1 aromatic carbocycles. The van der Waals surface area contributed by atoms with Crippen LogP contribution in [0.5, 0.6) is 0 Å². The van der Waals surface area contributed by atoms with Crippen LogP contribution in [0.1, 0.15) is 36.7 Å². The van der Waals surface area contributed by atoms with E-state index in [0.29, 0.717) is 24.3 Å². The fourth-order valence-corrected chi connectivity index (χ4v) is 2.59. The first kappa shape index (κ1) is 18.6. The summed E-state index contributed by atoms with van der Waals surface area (Å²) >= 11 is 0. The SMILES string of the molecule is CCc1cc[n+](CC(=O)Nc2ccc(C(=O)N(CC)CC)cc2)cc1. The second-order valence-electron chi connectivity index (χ2n) is 5.84. The molecule has 0 fully saturated rings. The molecule has 25 heavy (non-hydrogen) atoms. The maximum absolute atomic E-state index is 12.3. The van der Waals surface area contributed by atoms with Crippen molar-refractivity contribution < 1.29 is 14.2 Å². The van der Waals surface area contributed by atoms with E-state index in [4.69, 9.17) is 0 Å². The van der Waals surface area contributed by atoms with Crippen molar-refractivity contribution in [2.24, 2.45) is 0 Å². The van der Waals surface area contributed by atoms with Crippen LogP contribution in [0.4, 0.5) is 5.69 Å². The lowest BCUT2D eigenvalue weighted by Gasteiger charge is -2.18. The molecule has 132 valence electrons. The smallest absolute Gasteiger partial charge is 0.290 e. The lowest BCUT2D eigenvalue weighted by molar-refractivity contribution is -0.684. The topological polar surface area (TPSA) is 53.3 Å². The van der Waals surface area contributed by atoms with Crippen LogP contribution in [-0.2, 0) is 17.8 Å². The maximum Gasteiger partial charge on any atom is 0.290 e. The Morgan fingerprint density at radius 3 is 2.08 bits per heavy atom. The van der Waals surface area contributed by atoms with Crippen molar-refractivity contribution >= 4 is 17.5 Å². The Balaban J connectivity index is 1.95. The van der Waals surface area contributed by atoms with E-state index < -0.39 is 0 Å². The highest BCUT2D eigenvalue weighted by Crippen LogP contribution is 2.11. The van der Waals surface area contributed by atoms with Crippen molar-refractivity contribution in [1.82, 2.24) is 4.90 Å². The first-order valence-corrected chi connectivity index (χ1v) is 8.74. The van der Waals surface area contributed by atoms with Gasteiger partial charge >= 0.3 is 0 Å². The summed E-state index contributed by atoms with van der Waals surface area (Å²) in [5.74, 6) is -0.0912. The summed E-state index contributed by atoms with van der Waals surface area (Å²) in [6.07, 6.45) is 4.79. The zero-order valence-electron chi connectivity index (χ0n) is 15.2. The van der Waals surface area contributed by atoms with Crippen LogP contribution in [0.15, 0.2) is 48.8 Å². The van der Waals surface area contributed by atoms with Gasteiger partial charge < -0.3 is 10.2 Å². The molecular formula is C20H26N3O2+. The molecule has 0 aliphatic carbocycles. The number of rotatable bonds is 7. The second kappa shape index (κ2) is 8.97. The number of nitrogens with one attached hydrogen (secondary N) is 1. The number of aryl methyl sites for hydroxylation is 1. The van der Waals surface area contributed by atoms with Gasteiger partial charge in [0.05, 0.1) is 0 Å². The van der Waals surface area contributed by atoms with Gasteiger partial charge in [0.25, 0.3) is 11.8 Å². The fraction of sp³-hybridized carbons (Fsp3) is 0.350. The van der Waals surface area contributed by atoms with Crippen LogP contribution in [0.25, 0.3) is 0 Å². The molecular weight excluding hydrogens is 314 g/mol. The van der Waals surface area contributed by atoms with E-state index >= 15 is 0 Å². The molecule has 0 radical (unpaired) electrons. The second-order valence-corrected chi connectivity index (χ2v) is 5.84. The van der Waals surface area contributed by atoms with Crippen molar-refractivity contribution in [3.05, 3.63) is 59.9 Å².